The minimum Gasteiger partial charge on any atom is -0.335 e. The van der Waals surface area contributed by atoms with Crippen molar-refractivity contribution in [2.45, 2.75) is 6.17 Å². The number of urea groups is 1. The summed E-state index contributed by atoms with van der Waals surface area (Å²) in [5.41, 5.74) is 3.12. The molecule has 0 aliphatic carbocycles. The van der Waals surface area contributed by atoms with Gasteiger partial charge in [-0.2, -0.15) is 0 Å². The van der Waals surface area contributed by atoms with Crippen LogP contribution in [0.2, 0.25) is 0 Å². The topological polar surface area (TPSA) is 73.8 Å². The van der Waals surface area contributed by atoms with Crippen LogP contribution in [0.4, 0.5) is 10.5 Å². The van der Waals surface area contributed by atoms with Gasteiger partial charge in [-0.1, -0.05) is 54.6 Å². The fourth-order valence-electron chi connectivity index (χ4n) is 2.78. The van der Waals surface area contributed by atoms with E-state index in [2.05, 4.69) is 22.2 Å². The highest BCUT2D eigenvalue weighted by Crippen LogP contribution is 2.26. The summed E-state index contributed by atoms with van der Waals surface area (Å²) in [7, 11) is 1.68. The number of amides is 3. The molecule has 6 nitrogen and oxygen atoms in total. The number of hydrogen-bond acceptors (Lipinski definition) is 3. The number of nitrogens with one attached hydrogen (secondary N) is 2. The molecule has 6 heteroatoms. The number of likely N-dealkylation sites (N-methyl/N-ethyl adjacent to an activating group) is 1. The van der Waals surface area contributed by atoms with Crippen LogP contribution in [0.3, 0.4) is 0 Å². The van der Waals surface area contributed by atoms with E-state index in [-0.39, 0.29) is 5.91 Å². The number of fused-ring (bicyclic) bond motifs is 1. The number of carbonyl (C=O) groups excluding carboxylic acids is 2. The first kappa shape index (κ1) is 17.4. The molecule has 1 unspecified atom stereocenters. The molecule has 2 aromatic rings. The highest BCUT2D eigenvalue weighted by atomic mass is 16.2. The lowest BCUT2D eigenvalue weighted by molar-refractivity contribution is -0.119. The van der Waals surface area contributed by atoms with Crippen molar-refractivity contribution in [3.63, 3.8) is 0 Å². The van der Waals surface area contributed by atoms with E-state index in [1.165, 1.54) is 4.90 Å². The van der Waals surface area contributed by atoms with Crippen molar-refractivity contribution in [1.82, 2.24) is 10.6 Å². The standard InChI is InChI=1S/C20H20N4O2/c1-3-13-21-20(26)23-18-19(25)24(2)16-12-8-7-11-15(16)17(22-18)14-9-5-4-6-10-14/h3-12,18H,1,13H2,2H3,(H2,21,23,26). The Kier molecular flexibility index (Phi) is 5.12. The molecule has 3 amide bonds. The van der Waals surface area contributed by atoms with Crippen LogP contribution in [0.1, 0.15) is 11.1 Å². The maximum absolute atomic E-state index is 12.9. The summed E-state index contributed by atoms with van der Waals surface area (Å²) < 4.78 is 0. The van der Waals surface area contributed by atoms with Gasteiger partial charge >= 0.3 is 6.03 Å². The minimum atomic E-state index is -1.02. The average molecular weight is 348 g/mol. The zero-order valence-corrected chi connectivity index (χ0v) is 14.5. The number of benzene rings is 2. The number of nitrogens with zero attached hydrogens (tertiary/aromatic N) is 2. The molecule has 0 bridgehead atoms. The van der Waals surface area contributed by atoms with Crippen molar-refractivity contribution in [1.29, 1.82) is 0 Å². The first-order valence-electron chi connectivity index (χ1n) is 8.27. The Hall–Kier alpha value is -3.41. The maximum atomic E-state index is 12.9. The molecular formula is C20H20N4O2. The fourth-order valence-corrected chi connectivity index (χ4v) is 2.78. The average Bonchev–Trinajstić information content (AvgIpc) is 2.78. The van der Waals surface area contributed by atoms with Crippen LogP contribution in [-0.2, 0) is 4.79 Å². The number of hydrogen-bond donors (Lipinski definition) is 2. The monoisotopic (exact) mass is 348 g/mol. The number of benzodiazepines with no additional fused rings is 1. The number of anilines is 1. The molecule has 1 aliphatic heterocycles. The quantitative estimate of drug-likeness (QED) is 0.832. The van der Waals surface area contributed by atoms with Gasteiger partial charge in [0, 0.05) is 24.7 Å². The highest BCUT2D eigenvalue weighted by Gasteiger charge is 2.30. The Bertz CT molecular complexity index is 861. The van der Waals surface area contributed by atoms with Crippen LogP contribution in [0, 0.1) is 0 Å². The Morgan fingerprint density at radius 3 is 2.62 bits per heavy atom. The van der Waals surface area contributed by atoms with Crippen molar-refractivity contribution in [3.05, 3.63) is 78.4 Å². The molecule has 3 rings (SSSR count). The summed E-state index contributed by atoms with van der Waals surface area (Å²) >= 11 is 0. The molecule has 2 N–H and O–H groups in total. The van der Waals surface area contributed by atoms with E-state index in [4.69, 9.17) is 0 Å². The lowest BCUT2D eigenvalue weighted by Crippen LogP contribution is -2.49. The van der Waals surface area contributed by atoms with Gasteiger partial charge in [0.05, 0.1) is 11.4 Å². The van der Waals surface area contributed by atoms with Gasteiger partial charge in [0.25, 0.3) is 5.91 Å². The van der Waals surface area contributed by atoms with Crippen molar-refractivity contribution in [3.8, 4) is 0 Å². The third-order valence-corrected chi connectivity index (χ3v) is 4.07. The molecule has 1 aliphatic rings. The molecule has 132 valence electrons. The Morgan fingerprint density at radius 1 is 1.19 bits per heavy atom. The van der Waals surface area contributed by atoms with Crippen molar-refractivity contribution in [2.75, 3.05) is 18.5 Å². The van der Waals surface area contributed by atoms with Gasteiger partial charge in [-0.05, 0) is 6.07 Å². The van der Waals surface area contributed by atoms with Gasteiger partial charge < -0.3 is 15.5 Å². The SMILES string of the molecule is C=CCNC(=O)NC1N=C(c2ccccc2)c2ccccc2N(C)C1=O. The molecule has 1 heterocycles. The third-order valence-electron chi connectivity index (χ3n) is 4.07. The van der Waals surface area contributed by atoms with Gasteiger partial charge in [-0.15, -0.1) is 6.58 Å². The second-order valence-electron chi connectivity index (χ2n) is 5.80. The predicted molar refractivity (Wildman–Crippen MR) is 102 cm³/mol. The molecule has 0 fully saturated rings. The van der Waals surface area contributed by atoms with E-state index in [9.17, 15) is 9.59 Å². The van der Waals surface area contributed by atoms with Gasteiger partial charge in [-0.25, -0.2) is 9.79 Å². The number of para-hydroxylation sites is 1. The second-order valence-corrected chi connectivity index (χ2v) is 5.80. The van der Waals surface area contributed by atoms with Crippen LogP contribution in [0.15, 0.2) is 72.2 Å². The van der Waals surface area contributed by atoms with Crippen LogP contribution < -0.4 is 15.5 Å². The molecule has 0 saturated carbocycles. The summed E-state index contributed by atoms with van der Waals surface area (Å²) in [5, 5.41) is 5.24. The maximum Gasteiger partial charge on any atom is 0.317 e. The summed E-state index contributed by atoms with van der Waals surface area (Å²) in [4.78, 5) is 31.0. The molecular weight excluding hydrogens is 328 g/mol. The van der Waals surface area contributed by atoms with Gasteiger partial charge in [0.2, 0.25) is 6.17 Å². The zero-order valence-electron chi connectivity index (χ0n) is 14.5. The molecule has 0 radical (unpaired) electrons. The normalized spacial score (nSPS) is 16.2. The molecule has 1 atom stereocenters. The molecule has 2 aromatic carbocycles. The molecule has 0 aromatic heterocycles. The summed E-state index contributed by atoms with van der Waals surface area (Å²) in [5.74, 6) is -0.308. The smallest absolute Gasteiger partial charge is 0.317 e. The van der Waals surface area contributed by atoms with E-state index in [0.717, 1.165) is 16.8 Å². The van der Waals surface area contributed by atoms with Crippen LogP contribution >= 0.6 is 0 Å². The Morgan fingerprint density at radius 2 is 1.88 bits per heavy atom. The third kappa shape index (κ3) is 3.49. The Labute approximate surface area is 152 Å². The molecule has 26 heavy (non-hydrogen) atoms. The van der Waals surface area contributed by atoms with Gasteiger partial charge in [0.15, 0.2) is 0 Å². The lowest BCUT2D eigenvalue weighted by atomic mass is 10.0. The van der Waals surface area contributed by atoms with E-state index < -0.39 is 12.2 Å². The first-order chi connectivity index (χ1) is 12.6. The summed E-state index contributed by atoms with van der Waals surface area (Å²) in [6, 6.07) is 16.7. The van der Waals surface area contributed by atoms with Crippen LogP contribution in [0.25, 0.3) is 0 Å². The second kappa shape index (κ2) is 7.65. The van der Waals surface area contributed by atoms with Gasteiger partial charge in [-0.3, -0.25) is 4.79 Å². The Balaban J connectivity index is 2.05. The zero-order chi connectivity index (χ0) is 18.5. The van der Waals surface area contributed by atoms with E-state index in [0.29, 0.717) is 12.3 Å². The van der Waals surface area contributed by atoms with Crippen LogP contribution in [0.5, 0.6) is 0 Å². The van der Waals surface area contributed by atoms with Crippen molar-refractivity contribution in [2.24, 2.45) is 4.99 Å². The van der Waals surface area contributed by atoms with Crippen LogP contribution in [-0.4, -0.2) is 37.4 Å². The number of rotatable bonds is 4. The number of carbonyl (C=O) groups is 2. The predicted octanol–water partition coefficient (Wildman–Crippen LogP) is 2.31. The minimum absolute atomic E-state index is 0.304. The largest absolute Gasteiger partial charge is 0.335 e. The highest BCUT2D eigenvalue weighted by molar-refractivity contribution is 6.20. The van der Waals surface area contributed by atoms with E-state index in [1.54, 1.807) is 13.1 Å². The summed E-state index contributed by atoms with van der Waals surface area (Å²) in [6.45, 7) is 3.86. The van der Waals surface area contributed by atoms with E-state index >= 15 is 0 Å². The summed E-state index contributed by atoms with van der Waals surface area (Å²) in [6.07, 6.45) is 0.544. The lowest BCUT2D eigenvalue weighted by Gasteiger charge is -2.20. The molecule has 0 saturated heterocycles. The number of aliphatic imine (C=N–C) groups is 1. The molecule has 0 spiro atoms. The first-order valence-corrected chi connectivity index (χ1v) is 8.27. The fraction of sp³-hybridized carbons (Fsp3) is 0.150. The van der Waals surface area contributed by atoms with Gasteiger partial charge in [0.1, 0.15) is 0 Å². The van der Waals surface area contributed by atoms with E-state index in [1.807, 2.05) is 54.6 Å². The van der Waals surface area contributed by atoms with Crippen molar-refractivity contribution >= 4 is 23.3 Å². The van der Waals surface area contributed by atoms with Crippen molar-refractivity contribution < 1.29 is 9.59 Å².